The molecule has 0 bridgehead atoms. The molecule has 0 saturated heterocycles. The van der Waals surface area contributed by atoms with Crippen LogP contribution in [0.3, 0.4) is 0 Å². The third-order valence-corrected chi connectivity index (χ3v) is 3.90. The van der Waals surface area contributed by atoms with Crippen LogP contribution in [0.15, 0.2) is 60.7 Å². The lowest BCUT2D eigenvalue weighted by atomic mass is 9.96. The molecule has 0 radical (unpaired) electrons. The van der Waals surface area contributed by atoms with Crippen molar-refractivity contribution >= 4 is 22.4 Å². The van der Waals surface area contributed by atoms with Gasteiger partial charge in [-0.25, -0.2) is 4.39 Å². The number of hydrogen-bond donors (Lipinski definition) is 1. The summed E-state index contributed by atoms with van der Waals surface area (Å²) in [5, 5.41) is 6.01. The normalized spacial score (nSPS) is 12.5. The van der Waals surface area contributed by atoms with Crippen molar-refractivity contribution in [1.29, 1.82) is 0 Å². The lowest BCUT2D eigenvalue weighted by Gasteiger charge is -2.19. The van der Waals surface area contributed by atoms with Gasteiger partial charge in [-0.05, 0) is 47.6 Å². The van der Waals surface area contributed by atoms with E-state index in [2.05, 4.69) is 29.6 Å². The van der Waals surface area contributed by atoms with Gasteiger partial charge in [-0.3, -0.25) is 0 Å². The maximum Gasteiger partial charge on any atom is 0.128 e. The molecule has 0 aromatic heterocycles. The summed E-state index contributed by atoms with van der Waals surface area (Å²) in [4.78, 5) is 0. The summed E-state index contributed by atoms with van der Waals surface area (Å²) in [6, 6.07) is 18.7. The number of nitrogens with one attached hydrogen (secondary N) is 1. The van der Waals surface area contributed by atoms with Gasteiger partial charge in [0, 0.05) is 10.6 Å². The smallest absolute Gasteiger partial charge is 0.128 e. The quantitative estimate of drug-likeness (QED) is 0.722. The molecule has 3 aromatic rings. The SMILES string of the molecule is CNC(c1ccc2ccccc2c1)c1cc(Cl)ccc1F. The molecule has 21 heavy (non-hydrogen) atoms. The van der Waals surface area contributed by atoms with Gasteiger partial charge in [0.25, 0.3) is 0 Å². The van der Waals surface area contributed by atoms with Crippen LogP contribution in [0.1, 0.15) is 17.2 Å². The third-order valence-electron chi connectivity index (χ3n) is 3.66. The van der Waals surface area contributed by atoms with E-state index in [-0.39, 0.29) is 11.9 Å². The first-order chi connectivity index (χ1) is 10.2. The molecule has 0 aliphatic rings. The summed E-state index contributed by atoms with van der Waals surface area (Å²) in [6.07, 6.45) is 0. The van der Waals surface area contributed by atoms with Gasteiger partial charge in [0.1, 0.15) is 5.82 Å². The Labute approximate surface area is 128 Å². The van der Waals surface area contributed by atoms with Crippen LogP contribution >= 0.6 is 11.6 Å². The molecule has 0 fully saturated rings. The molecule has 3 rings (SSSR count). The maximum absolute atomic E-state index is 14.1. The highest BCUT2D eigenvalue weighted by molar-refractivity contribution is 6.30. The van der Waals surface area contributed by atoms with E-state index in [4.69, 9.17) is 11.6 Å². The minimum absolute atomic E-state index is 0.228. The van der Waals surface area contributed by atoms with Crippen LogP contribution in [0, 0.1) is 5.82 Å². The minimum Gasteiger partial charge on any atom is -0.309 e. The predicted octanol–water partition coefficient (Wildman–Crippen LogP) is 4.94. The maximum atomic E-state index is 14.1. The Hall–Kier alpha value is -1.90. The second-order valence-corrected chi connectivity index (χ2v) is 5.43. The number of rotatable bonds is 3. The largest absolute Gasteiger partial charge is 0.309 e. The highest BCUT2D eigenvalue weighted by Crippen LogP contribution is 2.28. The van der Waals surface area contributed by atoms with Gasteiger partial charge in [0.15, 0.2) is 0 Å². The van der Waals surface area contributed by atoms with E-state index in [1.54, 1.807) is 12.1 Å². The first-order valence-corrected chi connectivity index (χ1v) is 7.18. The van der Waals surface area contributed by atoms with E-state index in [0.717, 1.165) is 10.9 Å². The van der Waals surface area contributed by atoms with Crippen LogP contribution in [-0.2, 0) is 0 Å². The number of halogens is 2. The summed E-state index contributed by atoms with van der Waals surface area (Å²) >= 11 is 6.01. The molecular formula is C18H15ClFN. The highest BCUT2D eigenvalue weighted by atomic mass is 35.5. The second kappa shape index (κ2) is 5.84. The van der Waals surface area contributed by atoms with Gasteiger partial charge >= 0.3 is 0 Å². The minimum atomic E-state index is -0.257. The third kappa shape index (κ3) is 2.78. The van der Waals surface area contributed by atoms with Crippen molar-refractivity contribution < 1.29 is 4.39 Å². The molecule has 1 unspecified atom stereocenters. The number of hydrogen-bond acceptors (Lipinski definition) is 1. The van der Waals surface area contributed by atoms with Crippen molar-refractivity contribution in [1.82, 2.24) is 5.32 Å². The molecule has 3 heteroatoms. The van der Waals surface area contributed by atoms with Gasteiger partial charge in [-0.2, -0.15) is 0 Å². The molecule has 1 atom stereocenters. The monoisotopic (exact) mass is 299 g/mol. The summed E-state index contributed by atoms with van der Waals surface area (Å²) in [5.74, 6) is -0.257. The lowest BCUT2D eigenvalue weighted by molar-refractivity contribution is 0.576. The first-order valence-electron chi connectivity index (χ1n) is 6.80. The summed E-state index contributed by atoms with van der Waals surface area (Å²) < 4.78 is 14.1. The van der Waals surface area contributed by atoms with Gasteiger partial charge < -0.3 is 5.32 Å². The second-order valence-electron chi connectivity index (χ2n) is 4.99. The van der Waals surface area contributed by atoms with Crippen molar-refractivity contribution in [3.05, 3.63) is 82.6 Å². The van der Waals surface area contributed by atoms with Crippen LogP contribution in [-0.4, -0.2) is 7.05 Å². The molecule has 1 nitrogen and oxygen atoms in total. The standard InChI is InChI=1S/C18H15ClFN/c1-21-18(16-11-15(19)8-9-17(16)20)14-7-6-12-4-2-3-5-13(12)10-14/h2-11,18,21H,1H3. The molecule has 0 spiro atoms. The summed E-state index contributed by atoms with van der Waals surface area (Å²) in [5.41, 5.74) is 1.57. The van der Waals surface area contributed by atoms with Gasteiger partial charge in [0.05, 0.1) is 6.04 Å². The Balaban J connectivity index is 2.11. The Bertz CT molecular complexity index is 785. The fraction of sp³-hybridized carbons (Fsp3) is 0.111. The predicted molar refractivity (Wildman–Crippen MR) is 86.3 cm³/mol. The average Bonchev–Trinajstić information content (AvgIpc) is 2.51. The van der Waals surface area contributed by atoms with Crippen LogP contribution in [0.25, 0.3) is 10.8 Å². The molecular weight excluding hydrogens is 285 g/mol. The van der Waals surface area contributed by atoms with E-state index >= 15 is 0 Å². The topological polar surface area (TPSA) is 12.0 Å². The fourth-order valence-electron chi connectivity index (χ4n) is 2.62. The van der Waals surface area contributed by atoms with Crippen LogP contribution in [0.4, 0.5) is 4.39 Å². The number of fused-ring (bicyclic) bond motifs is 1. The van der Waals surface area contributed by atoms with E-state index in [0.29, 0.717) is 10.6 Å². The molecule has 0 amide bonds. The molecule has 3 aromatic carbocycles. The zero-order valence-corrected chi connectivity index (χ0v) is 12.4. The molecule has 0 saturated carbocycles. The molecule has 1 N–H and O–H groups in total. The van der Waals surface area contributed by atoms with E-state index < -0.39 is 0 Å². The van der Waals surface area contributed by atoms with E-state index in [9.17, 15) is 4.39 Å². The zero-order valence-electron chi connectivity index (χ0n) is 11.6. The van der Waals surface area contributed by atoms with Crippen LogP contribution in [0.5, 0.6) is 0 Å². The number of benzene rings is 3. The van der Waals surface area contributed by atoms with Gasteiger partial charge in [0.2, 0.25) is 0 Å². The summed E-state index contributed by atoms with van der Waals surface area (Å²) in [7, 11) is 1.82. The van der Waals surface area contributed by atoms with Crippen LogP contribution < -0.4 is 5.32 Å². The fourth-order valence-corrected chi connectivity index (χ4v) is 2.81. The van der Waals surface area contributed by atoms with Crippen molar-refractivity contribution in [3.8, 4) is 0 Å². The molecule has 0 heterocycles. The molecule has 0 aliphatic carbocycles. The lowest BCUT2D eigenvalue weighted by Crippen LogP contribution is -2.19. The Kier molecular flexibility index (Phi) is 3.91. The van der Waals surface area contributed by atoms with E-state index in [1.165, 1.54) is 11.5 Å². The summed E-state index contributed by atoms with van der Waals surface area (Å²) in [6.45, 7) is 0. The zero-order chi connectivity index (χ0) is 14.8. The van der Waals surface area contributed by atoms with Crippen molar-refractivity contribution in [2.45, 2.75) is 6.04 Å². The molecule has 106 valence electrons. The van der Waals surface area contributed by atoms with Gasteiger partial charge in [-0.1, -0.05) is 48.0 Å². The average molecular weight is 300 g/mol. The van der Waals surface area contributed by atoms with Crippen molar-refractivity contribution in [2.75, 3.05) is 7.05 Å². The highest BCUT2D eigenvalue weighted by Gasteiger charge is 2.17. The van der Waals surface area contributed by atoms with Crippen molar-refractivity contribution in [2.24, 2.45) is 0 Å². The van der Waals surface area contributed by atoms with E-state index in [1.807, 2.05) is 25.2 Å². The Morgan fingerprint density at radius 1 is 0.952 bits per heavy atom. The van der Waals surface area contributed by atoms with Crippen LogP contribution in [0.2, 0.25) is 5.02 Å². The molecule has 0 aliphatic heterocycles. The Morgan fingerprint density at radius 2 is 1.71 bits per heavy atom. The Morgan fingerprint density at radius 3 is 2.48 bits per heavy atom. The first kappa shape index (κ1) is 14.1. The van der Waals surface area contributed by atoms with Gasteiger partial charge in [-0.15, -0.1) is 0 Å². The van der Waals surface area contributed by atoms with Crippen molar-refractivity contribution in [3.63, 3.8) is 0 Å².